The van der Waals surface area contributed by atoms with Crippen LogP contribution in [0.15, 0.2) is 0 Å². The lowest BCUT2D eigenvalue weighted by Gasteiger charge is -2.10. The molecule has 0 aliphatic heterocycles. The number of unbranched alkanes of at least 4 members (excludes halogenated alkanes) is 21. The van der Waals surface area contributed by atoms with E-state index in [1.165, 1.54) is 148 Å². The predicted octanol–water partition coefficient (Wildman–Crippen LogP) is 10.1. The quantitative estimate of drug-likeness (QED) is 0.119. The first-order valence-corrected chi connectivity index (χ1v) is 14.6. The van der Waals surface area contributed by atoms with Gasteiger partial charge in [0, 0.05) is 20.6 Å². The summed E-state index contributed by atoms with van der Waals surface area (Å²) in [5.41, 5.74) is 3.21. The molecule has 0 saturated carbocycles. The van der Waals surface area contributed by atoms with Gasteiger partial charge in [-0.2, -0.15) is 0 Å². The second-order valence-corrected chi connectivity index (χ2v) is 9.87. The minimum atomic E-state index is 1.11. The van der Waals surface area contributed by atoms with Gasteiger partial charge in [0.2, 0.25) is 0 Å². The maximum Gasteiger partial charge on any atom is 0.0102 e. The molecule has 0 aliphatic carbocycles. The maximum atomic E-state index is 3.21. The van der Waals surface area contributed by atoms with E-state index in [9.17, 15) is 0 Å². The number of nitrogens with one attached hydrogen (secondary N) is 1. The zero-order valence-electron chi connectivity index (χ0n) is 22.9. The number of nitrogens with zero attached hydrogens (tertiary/aromatic N) is 1. The summed E-state index contributed by atoms with van der Waals surface area (Å²) in [4.78, 5) is 0. The molecular formula is C29H64N2. The van der Waals surface area contributed by atoms with Crippen LogP contribution in [0.25, 0.3) is 0 Å². The van der Waals surface area contributed by atoms with Crippen LogP contribution < -0.4 is 5.43 Å². The standard InChI is InChI=1S/C22H46.C7H18N2/c1-3-5-7-9-11-13-15-17-19-21-22-20-18-16-14-12-10-8-6-4-2;1-4-5-6-7-8-9(2)3/h3-22H2,1-2H3;8H,4-7H2,1-3H3. The molecule has 2 nitrogen and oxygen atoms in total. The average Bonchev–Trinajstić information content (AvgIpc) is 2.76. The second-order valence-electron chi connectivity index (χ2n) is 9.87. The molecule has 0 bridgehead atoms. The average molecular weight is 441 g/mol. The lowest BCUT2D eigenvalue weighted by molar-refractivity contribution is 0.286. The van der Waals surface area contributed by atoms with Crippen LogP contribution in [-0.2, 0) is 0 Å². The van der Waals surface area contributed by atoms with E-state index in [4.69, 9.17) is 0 Å². The highest BCUT2D eigenvalue weighted by atomic mass is 15.5. The van der Waals surface area contributed by atoms with Gasteiger partial charge in [-0.1, -0.05) is 162 Å². The summed E-state index contributed by atoms with van der Waals surface area (Å²) in [5.74, 6) is 0. The molecule has 0 atom stereocenters. The van der Waals surface area contributed by atoms with Crippen molar-refractivity contribution >= 4 is 0 Å². The lowest BCUT2D eigenvalue weighted by atomic mass is 10.0. The fourth-order valence-electron chi connectivity index (χ4n) is 4.01. The van der Waals surface area contributed by atoms with Crippen LogP contribution in [0, 0.1) is 0 Å². The second kappa shape index (κ2) is 32.1. The Labute approximate surface area is 199 Å². The lowest BCUT2D eigenvalue weighted by Crippen LogP contribution is -2.30. The summed E-state index contributed by atoms with van der Waals surface area (Å²) in [6.07, 6.45) is 33.3. The molecule has 0 saturated heterocycles. The van der Waals surface area contributed by atoms with Crippen molar-refractivity contribution < 1.29 is 0 Å². The van der Waals surface area contributed by atoms with Crippen molar-refractivity contribution in [2.24, 2.45) is 0 Å². The van der Waals surface area contributed by atoms with Crippen LogP contribution in [0.5, 0.6) is 0 Å². The van der Waals surface area contributed by atoms with Gasteiger partial charge in [0.15, 0.2) is 0 Å². The third-order valence-corrected chi connectivity index (χ3v) is 6.17. The number of hydrazine groups is 1. The summed E-state index contributed by atoms with van der Waals surface area (Å²) in [6, 6.07) is 0. The van der Waals surface area contributed by atoms with Gasteiger partial charge >= 0.3 is 0 Å². The Balaban J connectivity index is 0. The highest BCUT2D eigenvalue weighted by Gasteiger charge is 1.95. The van der Waals surface area contributed by atoms with Crippen molar-refractivity contribution in [3.63, 3.8) is 0 Å². The monoisotopic (exact) mass is 441 g/mol. The number of hydrogen-bond donors (Lipinski definition) is 1. The van der Waals surface area contributed by atoms with Crippen LogP contribution in [0.1, 0.15) is 168 Å². The first kappa shape index (κ1) is 33.1. The molecule has 190 valence electrons. The normalized spacial score (nSPS) is 11.0. The Morgan fingerprint density at radius 3 is 0.806 bits per heavy atom. The SMILES string of the molecule is CCCCCCCCCCCCCCCCCCCCCC.CCCCCNN(C)C. The maximum absolute atomic E-state index is 3.21. The third-order valence-electron chi connectivity index (χ3n) is 6.17. The highest BCUT2D eigenvalue weighted by Crippen LogP contribution is 2.14. The number of hydrogen-bond acceptors (Lipinski definition) is 2. The molecule has 0 spiro atoms. The van der Waals surface area contributed by atoms with E-state index in [2.05, 4.69) is 26.2 Å². The van der Waals surface area contributed by atoms with E-state index < -0.39 is 0 Å². The first-order chi connectivity index (χ1) is 15.2. The summed E-state index contributed by atoms with van der Waals surface area (Å²) in [7, 11) is 4.04. The Kier molecular flexibility index (Phi) is 34.3. The highest BCUT2D eigenvalue weighted by molar-refractivity contribution is 4.50. The fourth-order valence-corrected chi connectivity index (χ4v) is 4.01. The van der Waals surface area contributed by atoms with E-state index in [1.807, 2.05) is 19.1 Å². The van der Waals surface area contributed by atoms with Crippen molar-refractivity contribution in [3.8, 4) is 0 Å². The number of rotatable bonds is 24. The Hall–Kier alpha value is -0.0800. The van der Waals surface area contributed by atoms with Gasteiger partial charge in [0.25, 0.3) is 0 Å². The zero-order chi connectivity index (χ0) is 23.3. The predicted molar refractivity (Wildman–Crippen MR) is 145 cm³/mol. The smallest absolute Gasteiger partial charge is 0.0102 e. The zero-order valence-corrected chi connectivity index (χ0v) is 22.9. The molecule has 0 aromatic heterocycles. The minimum Gasteiger partial charge on any atom is -0.256 e. The summed E-state index contributed by atoms with van der Waals surface area (Å²) in [6.45, 7) is 7.93. The van der Waals surface area contributed by atoms with Crippen molar-refractivity contribution in [2.75, 3.05) is 20.6 Å². The third kappa shape index (κ3) is 37.6. The van der Waals surface area contributed by atoms with Crippen LogP contribution in [-0.4, -0.2) is 25.6 Å². The minimum absolute atomic E-state index is 1.11. The van der Waals surface area contributed by atoms with Crippen molar-refractivity contribution in [1.29, 1.82) is 0 Å². The molecule has 0 aromatic carbocycles. The van der Waals surface area contributed by atoms with Gasteiger partial charge in [-0.25, -0.2) is 0 Å². The summed E-state index contributed by atoms with van der Waals surface area (Å²) < 4.78 is 0. The van der Waals surface area contributed by atoms with Gasteiger partial charge in [0.05, 0.1) is 0 Å². The molecule has 0 aromatic rings. The van der Waals surface area contributed by atoms with Crippen LogP contribution in [0.2, 0.25) is 0 Å². The van der Waals surface area contributed by atoms with Crippen LogP contribution in [0.4, 0.5) is 0 Å². The van der Waals surface area contributed by atoms with Gasteiger partial charge < -0.3 is 0 Å². The van der Waals surface area contributed by atoms with E-state index in [0.717, 1.165) is 6.54 Å². The molecule has 0 amide bonds. The Morgan fingerprint density at radius 1 is 0.355 bits per heavy atom. The first-order valence-electron chi connectivity index (χ1n) is 14.6. The van der Waals surface area contributed by atoms with E-state index in [0.29, 0.717) is 0 Å². The molecule has 0 fully saturated rings. The van der Waals surface area contributed by atoms with Crippen molar-refractivity contribution in [1.82, 2.24) is 10.4 Å². The van der Waals surface area contributed by atoms with Gasteiger partial charge in [-0.15, -0.1) is 0 Å². The molecule has 31 heavy (non-hydrogen) atoms. The Morgan fingerprint density at radius 2 is 0.581 bits per heavy atom. The van der Waals surface area contributed by atoms with Crippen molar-refractivity contribution in [3.05, 3.63) is 0 Å². The summed E-state index contributed by atoms with van der Waals surface area (Å²) in [5, 5.41) is 2.00. The molecule has 1 N–H and O–H groups in total. The Bertz CT molecular complexity index is 258. The molecular weight excluding hydrogens is 376 g/mol. The molecule has 0 heterocycles. The van der Waals surface area contributed by atoms with Gasteiger partial charge in [-0.3, -0.25) is 10.4 Å². The van der Waals surface area contributed by atoms with Crippen LogP contribution >= 0.6 is 0 Å². The van der Waals surface area contributed by atoms with Gasteiger partial charge in [0.1, 0.15) is 0 Å². The molecule has 0 rings (SSSR count). The molecule has 2 heteroatoms. The fraction of sp³-hybridized carbons (Fsp3) is 1.00. The molecule has 0 aliphatic rings. The van der Waals surface area contributed by atoms with Gasteiger partial charge in [-0.05, 0) is 6.42 Å². The van der Waals surface area contributed by atoms with E-state index in [1.54, 1.807) is 0 Å². The largest absolute Gasteiger partial charge is 0.256 e. The topological polar surface area (TPSA) is 15.3 Å². The molecule has 0 unspecified atom stereocenters. The van der Waals surface area contributed by atoms with Crippen molar-refractivity contribution in [2.45, 2.75) is 168 Å². The van der Waals surface area contributed by atoms with Crippen LogP contribution in [0.3, 0.4) is 0 Å². The van der Waals surface area contributed by atoms with E-state index >= 15 is 0 Å². The van der Waals surface area contributed by atoms with E-state index in [-0.39, 0.29) is 0 Å². The summed E-state index contributed by atoms with van der Waals surface area (Å²) >= 11 is 0. The molecule has 0 radical (unpaired) electrons.